The molecule has 7 aromatic rings. The van der Waals surface area contributed by atoms with Crippen LogP contribution in [0.25, 0.3) is 44.2 Å². The number of rotatable bonds is 4. The Morgan fingerprint density at radius 3 is 1.46 bits per heavy atom. The third-order valence-electron chi connectivity index (χ3n) is 11.7. The zero-order valence-electron chi connectivity index (χ0n) is 30.1. The molecule has 244 valence electrons. The molecule has 0 saturated heterocycles. The second kappa shape index (κ2) is 10.8. The molecule has 0 radical (unpaired) electrons. The number of hydrogen-bond donors (Lipinski definition) is 0. The van der Waals surface area contributed by atoms with Crippen LogP contribution < -0.4 is 4.90 Å². The summed E-state index contributed by atoms with van der Waals surface area (Å²) in [5, 5.41) is 2.66. The molecule has 0 fully saturated rings. The van der Waals surface area contributed by atoms with E-state index in [4.69, 9.17) is 0 Å². The molecule has 1 nitrogen and oxygen atoms in total. The summed E-state index contributed by atoms with van der Waals surface area (Å²) in [6, 6.07) is 50.5. The zero-order valence-corrected chi connectivity index (χ0v) is 30.1. The summed E-state index contributed by atoms with van der Waals surface area (Å²) in [4.78, 5) is 2.40. The van der Waals surface area contributed by atoms with Crippen molar-refractivity contribution in [3.63, 3.8) is 0 Å². The summed E-state index contributed by atoms with van der Waals surface area (Å²) in [6.45, 7) is 16.1. The van der Waals surface area contributed by atoms with Crippen molar-refractivity contribution in [2.45, 2.75) is 59.3 Å². The molecule has 0 N–H and O–H groups in total. The molecular formula is C49H43N. The molecule has 0 spiro atoms. The minimum absolute atomic E-state index is 0.135. The van der Waals surface area contributed by atoms with Crippen LogP contribution in [0.5, 0.6) is 0 Å². The van der Waals surface area contributed by atoms with Crippen molar-refractivity contribution in [2.75, 3.05) is 4.90 Å². The van der Waals surface area contributed by atoms with Crippen LogP contribution >= 0.6 is 0 Å². The fourth-order valence-electron chi connectivity index (χ4n) is 8.74. The first-order valence-electron chi connectivity index (χ1n) is 17.9. The Morgan fingerprint density at radius 2 is 0.840 bits per heavy atom. The van der Waals surface area contributed by atoms with Gasteiger partial charge < -0.3 is 4.90 Å². The van der Waals surface area contributed by atoms with Gasteiger partial charge in [0, 0.05) is 27.9 Å². The second-order valence-electron chi connectivity index (χ2n) is 15.7. The van der Waals surface area contributed by atoms with Gasteiger partial charge in [0.05, 0.1) is 0 Å². The molecule has 1 heteroatoms. The molecule has 0 amide bonds. The van der Waals surface area contributed by atoms with E-state index in [9.17, 15) is 0 Å². The summed E-state index contributed by atoms with van der Waals surface area (Å²) < 4.78 is 0. The topological polar surface area (TPSA) is 3.24 Å². The zero-order chi connectivity index (χ0) is 34.5. The van der Waals surface area contributed by atoms with Crippen LogP contribution in [-0.4, -0.2) is 0 Å². The van der Waals surface area contributed by atoms with Crippen LogP contribution in [0.4, 0.5) is 17.1 Å². The van der Waals surface area contributed by atoms with Crippen LogP contribution in [0.2, 0.25) is 0 Å². The first kappa shape index (κ1) is 30.6. The summed E-state index contributed by atoms with van der Waals surface area (Å²) in [6.07, 6.45) is 0. The van der Waals surface area contributed by atoms with Crippen LogP contribution in [0.15, 0.2) is 133 Å². The molecule has 0 atom stereocenters. The molecule has 50 heavy (non-hydrogen) atoms. The number of benzene rings is 7. The molecule has 0 aromatic heterocycles. The molecule has 0 saturated carbocycles. The maximum atomic E-state index is 2.55. The van der Waals surface area contributed by atoms with Gasteiger partial charge in [-0.3, -0.25) is 0 Å². The van der Waals surface area contributed by atoms with E-state index in [1.165, 1.54) is 100 Å². The van der Waals surface area contributed by atoms with Gasteiger partial charge in [0.25, 0.3) is 0 Å². The highest BCUT2D eigenvalue weighted by atomic mass is 15.1. The number of hydrogen-bond acceptors (Lipinski definition) is 1. The Bertz CT molecular complexity index is 2430. The lowest BCUT2D eigenvalue weighted by molar-refractivity contribution is 0.652. The predicted octanol–water partition coefficient (Wildman–Crippen LogP) is 13.5. The van der Waals surface area contributed by atoms with E-state index in [1.54, 1.807) is 0 Å². The fraction of sp³-hybridized carbons (Fsp3) is 0.184. The Balaban J connectivity index is 1.21. The molecule has 0 bridgehead atoms. The summed E-state index contributed by atoms with van der Waals surface area (Å²) >= 11 is 0. The Labute approximate surface area is 296 Å². The lowest BCUT2D eigenvalue weighted by Gasteiger charge is -2.28. The van der Waals surface area contributed by atoms with E-state index in [-0.39, 0.29) is 10.8 Å². The molecule has 9 rings (SSSR count). The smallest absolute Gasteiger partial charge is 0.0465 e. The van der Waals surface area contributed by atoms with E-state index in [2.05, 4.69) is 187 Å². The normalized spacial score (nSPS) is 14.6. The minimum Gasteiger partial charge on any atom is -0.310 e. The van der Waals surface area contributed by atoms with Crippen LogP contribution in [0, 0.1) is 20.8 Å². The number of nitrogens with zero attached hydrogens (tertiary/aromatic N) is 1. The number of aryl methyl sites for hydroxylation is 3. The van der Waals surface area contributed by atoms with Gasteiger partial charge in [-0.25, -0.2) is 0 Å². The molecule has 2 aliphatic rings. The predicted molar refractivity (Wildman–Crippen MR) is 213 cm³/mol. The highest BCUT2D eigenvalue weighted by Gasteiger charge is 2.42. The average molecular weight is 646 g/mol. The SMILES string of the molecule is Cc1ccc(-c2cc3c(c4ccccc24)-c2cc4c(cc2C3(C)C)-c2ccc(N(c3ccc(C)cc3)c3ccc(C)cc3)cc2C4(C)C)cc1. The van der Waals surface area contributed by atoms with E-state index in [0.29, 0.717) is 0 Å². The van der Waals surface area contributed by atoms with Gasteiger partial charge in [0.2, 0.25) is 0 Å². The quantitative estimate of drug-likeness (QED) is 0.184. The standard InChI is InChI=1S/C49H43N/c1-30-12-18-33(19-13-30)40-27-46-47(39-11-9-8-10-37(39)40)42-29-44-41(28-45(42)49(46,6)7)38-25-24-36(26-43(38)48(44,4)5)50(34-20-14-31(2)15-21-34)35-22-16-32(3)17-23-35/h8-29H,1-7H3. The van der Waals surface area contributed by atoms with Crippen molar-refractivity contribution >= 4 is 27.8 Å². The van der Waals surface area contributed by atoms with Crippen molar-refractivity contribution in [1.82, 2.24) is 0 Å². The molecule has 0 aliphatic heterocycles. The van der Waals surface area contributed by atoms with E-state index in [0.717, 1.165) is 0 Å². The highest BCUT2D eigenvalue weighted by Crippen LogP contribution is 2.58. The van der Waals surface area contributed by atoms with Crippen molar-refractivity contribution < 1.29 is 0 Å². The van der Waals surface area contributed by atoms with Gasteiger partial charge in [-0.15, -0.1) is 0 Å². The third-order valence-corrected chi connectivity index (χ3v) is 11.7. The average Bonchev–Trinajstić information content (AvgIpc) is 3.48. The van der Waals surface area contributed by atoms with Crippen LogP contribution in [0.3, 0.4) is 0 Å². The van der Waals surface area contributed by atoms with Crippen molar-refractivity contribution in [3.8, 4) is 33.4 Å². The highest BCUT2D eigenvalue weighted by molar-refractivity contribution is 6.09. The van der Waals surface area contributed by atoms with Gasteiger partial charge >= 0.3 is 0 Å². The Kier molecular flexibility index (Phi) is 6.62. The molecule has 2 aliphatic carbocycles. The number of fused-ring (bicyclic) bond motifs is 8. The largest absolute Gasteiger partial charge is 0.310 e. The number of anilines is 3. The second-order valence-corrected chi connectivity index (χ2v) is 15.7. The molecule has 0 unspecified atom stereocenters. The first-order valence-corrected chi connectivity index (χ1v) is 17.9. The van der Waals surface area contributed by atoms with Crippen LogP contribution in [0.1, 0.15) is 66.6 Å². The van der Waals surface area contributed by atoms with Crippen molar-refractivity contribution in [3.05, 3.63) is 172 Å². The van der Waals surface area contributed by atoms with Crippen molar-refractivity contribution in [1.29, 1.82) is 0 Å². The molecule has 0 heterocycles. The van der Waals surface area contributed by atoms with Gasteiger partial charge in [0.15, 0.2) is 0 Å². The monoisotopic (exact) mass is 645 g/mol. The van der Waals surface area contributed by atoms with E-state index < -0.39 is 0 Å². The molecular weight excluding hydrogens is 603 g/mol. The minimum atomic E-state index is -0.160. The van der Waals surface area contributed by atoms with E-state index >= 15 is 0 Å². The maximum Gasteiger partial charge on any atom is 0.0465 e. The lowest BCUT2D eigenvalue weighted by Crippen LogP contribution is -2.17. The molecule has 7 aromatic carbocycles. The lowest BCUT2D eigenvalue weighted by atomic mass is 9.79. The Morgan fingerprint density at radius 1 is 0.380 bits per heavy atom. The van der Waals surface area contributed by atoms with Crippen molar-refractivity contribution in [2.24, 2.45) is 0 Å². The summed E-state index contributed by atoms with van der Waals surface area (Å²) in [7, 11) is 0. The van der Waals surface area contributed by atoms with Crippen LogP contribution in [-0.2, 0) is 10.8 Å². The van der Waals surface area contributed by atoms with Gasteiger partial charge in [-0.1, -0.05) is 123 Å². The fourth-order valence-corrected chi connectivity index (χ4v) is 8.74. The summed E-state index contributed by atoms with van der Waals surface area (Å²) in [5.74, 6) is 0. The van der Waals surface area contributed by atoms with Gasteiger partial charge in [-0.05, 0) is 142 Å². The first-order chi connectivity index (χ1) is 24.0. The van der Waals surface area contributed by atoms with Gasteiger partial charge in [0.1, 0.15) is 0 Å². The van der Waals surface area contributed by atoms with E-state index in [1.807, 2.05) is 0 Å². The maximum absolute atomic E-state index is 2.55. The van der Waals surface area contributed by atoms with Gasteiger partial charge in [-0.2, -0.15) is 0 Å². The Hall–Kier alpha value is -5.40. The summed E-state index contributed by atoms with van der Waals surface area (Å²) in [5.41, 5.74) is 20.8. The third kappa shape index (κ3) is 4.46.